The van der Waals surface area contributed by atoms with E-state index >= 15 is 0 Å². The molecular formula is C18H19ClN4OS. The Morgan fingerprint density at radius 2 is 2.24 bits per heavy atom. The Morgan fingerprint density at radius 3 is 3.00 bits per heavy atom. The Morgan fingerprint density at radius 1 is 1.40 bits per heavy atom. The zero-order valence-electron chi connectivity index (χ0n) is 14.1. The molecule has 5 nitrogen and oxygen atoms in total. The molecular weight excluding hydrogens is 356 g/mol. The molecule has 0 saturated carbocycles. The molecule has 0 bridgehead atoms. The number of carbonyl (C=O) groups excluding carboxylic acids is 1. The van der Waals surface area contributed by atoms with E-state index in [0.29, 0.717) is 11.1 Å². The summed E-state index contributed by atoms with van der Waals surface area (Å²) in [7, 11) is 0. The van der Waals surface area contributed by atoms with Gasteiger partial charge in [0, 0.05) is 36.1 Å². The standard InChI is InChI=1S/C18H19ClN4OS/c1-11-10-22(7-6-20-11)17(24)16-9-15-12(2)21-23(18(15)25-16)14-5-3-4-13(19)8-14/h3-5,8-9,11,20H,6-7,10H2,1-2H3. The molecule has 1 N–H and O–H groups in total. The number of rotatable bonds is 2. The predicted octanol–water partition coefficient (Wildman–Crippen LogP) is 3.48. The van der Waals surface area contributed by atoms with Crippen molar-refractivity contribution in [2.75, 3.05) is 19.6 Å². The maximum atomic E-state index is 12.9. The lowest BCUT2D eigenvalue weighted by atomic mass is 10.2. The third kappa shape index (κ3) is 3.05. The Balaban J connectivity index is 1.73. The number of halogens is 1. The summed E-state index contributed by atoms with van der Waals surface area (Å²) >= 11 is 7.61. The fourth-order valence-electron chi connectivity index (χ4n) is 3.21. The molecule has 1 aliphatic heterocycles. The van der Waals surface area contributed by atoms with Crippen LogP contribution in [0.4, 0.5) is 0 Å². The van der Waals surface area contributed by atoms with E-state index in [1.54, 1.807) is 0 Å². The van der Waals surface area contributed by atoms with Crippen molar-refractivity contribution >= 4 is 39.1 Å². The van der Waals surface area contributed by atoms with Gasteiger partial charge in [0.1, 0.15) is 4.83 Å². The molecule has 0 aliphatic carbocycles. The van der Waals surface area contributed by atoms with Crippen molar-refractivity contribution in [2.24, 2.45) is 0 Å². The minimum absolute atomic E-state index is 0.103. The van der Waals surface area contributed by atoms with E-state index in [2.05, 4.69) is 17.3 Å². The summed E-state index contributed by atoms with van der Waals surface area (Å²) in [6.45, 7) is 6.40. The van der Waals surface area contributed by atoms with Gasteiger partial charge in [0.25, 0.3) is 5.91 Å². The minimum atomic E-state index is 0.103. The lowest BCUT2D eigenvalue weighted by molar-refractivity contribution is 0.0714. The molecule has 4 rings (SSSR count). The monoisotopic (exact) mass is 374 g/mol. The Labute approximate surface area is 155 Å². The van der Waals surface area contributed by atoms with Gasteiger partial charge in [-0.1, -0.05) is 17.7 Å². The zero-order valence-corrected chi connectivity index (χ0v) is 15.7. The average molecular weight is 375 g/mol. The SMILES string of the molecule is Cc1nn(-c2cccc(Cl)c2)c2sc(C(=O)N3CCNC(C)C3)cc12. The molecule has 1 amide bonds. The van der Waals surface area contributed by atoms with Crippen LogP contribution in [0.25, 0.3) is 15.9 Å². The quantitative estimate of drug-likeness (QED) is 0.747. The first-order chi connectivity index (χ1) is 12.0. The number of thiophene rings is 1. The molecule has 0 radical (unpaired) electrons. The van der Waals surface area contributed by atoms with E-state index in [1.807, 2.05) is 46.8 Å². The number of nitrogens with one attached hydrogen (secondary N) is 1. The van der Waals surface area contributed by atoms with Gasteiger partial charge in [-0.3, -0.25) is 4.79 Å². The number of nitrogens with zero attached hydrogens (tertiary/aromatic N) is 3. The Hall–Kier alpha value is -1.89. The van der Waals surface area contributed by atoms with Crippen molar-refractivity contribution in [1.29, 1.82) is 0 Å². The maximum absolute atomic E-state index is 12.9. The maximum Gasteiger partial charge on any atom is 0.264 e. The number of amides is 1. The summed E-state index contributed by atoms with van der Waals surface area (Å²) in [6.07, 6.45) is 0. The van der Waals surface area contributed by atoms with Gasteiger partial charge in [0.15, 0.2) is 0 Å². The molecule has 1 unspecified atom stereocenters. The fraction of sp³-hybridized carbons (Fsp3) is 0.333. The number of carbonyl (C=O) groups is 1. The molecule has 3 aromatic rings. The summed E-state index contributed by atoms with van der Waals surface area (Å²) in [5.41, 5.74) is 1.82. The molecule has 25 heavy (non-hydrogen) atoms. The van der Waals surface area contributed by atoms with E-state index in [0.717, 1.165) is 46.1 Å². The largest absolute Gasteiger partial charge is 0.335 e. The number of benzene rings is 1. The van der Waals surface area contributed by atoms with E-state index in [1.165, 1.54) is 11.3 Å². The lowest BCUT2D eigenvalue weighted by Crippen LogP contribution is -2.51. The van der Waals surface area contributed by atoms with Crippen LogP contribution in [-0.2, 0) is 0 Å². The number of aryl methyl sites for hydroxylation is 1. The van der Waals surface area contributed by atoms with Gasteiger partial charge in [-0.05, 0) is 38.1 Å². The smallest absolute Gasteiger partial charge is 0.264 e. The van der Waals surface area contributed by atoms with Gasteiger partial charge in [0.05, 0.1) is 16.3 Å². The van der Waals surface area contributed by atoms with Gasteiger partial charge in [-0.15, -0.1) is 11.3 Å². The molecule has 130 valence electrons. The molecule has 1 aliphatic rings. The highest BCUT2D eigenvalue weighted by Crippen LogP contribution is 2.31. The van der Waals surface area contributed by atoms with E-state index in [-0.39, 0.29) is 5.91 Å². The first-order valence-corrected chi connectivity index (χ1v) is 9.50. The lowest BCUT2D eigenvalue weighted by Gasteiger charge is -2.31. The minimum Gasteiger partial charge on any atom is -0.335 e. The van der Waals surface area contributed by atoms with Gasteiger partial charge < -0.3 is 10.2 Å². The predicted molar refractivity (Wildman–Crippen MR) is 102 cm³/mol. The second kappa shape index (κ2) is 6.44. The van der Waals surface area contributed by atoms with Crippen LogP contribution in [0.3, 0.4) is 0 Å². The number of aromatic nitrogens is 2. The number of fused-ring (bicyclic) bond motifs is 1. The number of hydrogen-bond donors (Lipinski definition) is 1. The Kier molecular flexibility index (Phi) is 4.27. The third-order valence-electron chi connectivity index (χ3n) is 4.46. The topological polar surface area (TPSA) is 50.2 Å². The summed E-state index contributed by atoms with van der Waals surface area (Å²) in [6, 6.07) is 9.90. The van der Waals surface area contributed by atoms with Crippen LogP contribution in [0.1, 0.15) is 22.3 Å². The summed E-state index contributed by atoms with van der Waals surface area (Å²) in [5.74, 6) is 0.103. The van der Waals surface area contributed by atoms with Gasteiger partial charge in [0.2, 0.25) is 0 Å². The van der Waals surface area contributed by atoms with Crippen molar-refractivity contribution < 1.29 is 4.79 Å². The van der Waals surface area contributed by atoms with Crippen LogP contribution in [0.5, 0.6) is 0 Å². The second-order valence-corrected chi connectivity index (χ2v) is 7.88. The Bertz CT molecular complexity index is 948. The highest BCUT2D eigenvalue weighted by atomic mass is 35.5. The van der Waals surface area contributed by atoms with Crippen LogP contribution in [-0.4, -0.2) is 46.3 Å². The number of piperazine rings is 1. The van der Waals surface area contributed by atoms with Crippen molar-refractivity contribution in [3.05, 3.63) is 45.9 Å². The van der Waals surface area contributed by atoms with Gasteiger partial charge in [-0.25, -0.2) is 4.68 Å². The summed E-state index contributed by atoms with van der Waals surface area (Å²) in [5, 5.41) is 9.68. The molecule has 1 atom stereocenters. The van der Waals surface area contributed by atoms with Crippen LogP contribution in [0.2, 0.25) is 5.02 Å². The highest BCUT2D eigenvalue weighted by molar-refractivity contribution is 7.20. The average Bonchev–Trinajstić information content (AvgIpc) is 3.15. The van der Waals surface area contributed by atoms with Gasteiger partial charge >= 0.3 is 0 Å². The highest BCUT2D eigenvalue weighted by Gasteiger charge is 2.24. The molecule has 1 aromatic carbocycles. The van der Waals surface area contributed by atoms with Crippen molar-refractivity contribution in [1.82, 2.24) is 20.0 Å². The van der Waals surface area contributed by atoms with Gasteiger partial charge in [-0.2, -0.15) is 5.10 Å². The fourth-order valence-corrected chi connectivity index (χ4v) is 4.54. The first-order valence-electron chi connectivity index (χ1n) is 8.30. The number of hydrogen-bond acceptors (Lipinski definition) is 4. The molecule has 7 heteroatoms. The van der Waals surface area contributed by atoms with Crippen LogP contribution in [0.15, 0.2) is 30.3 Å². The summed E-state index contributed by atoms with van der Waals surface area (Å²) in [4.78, 5) is 16.6. The van der Waals surface area contributed by atoms with Crippen LogP contribution < -0.4 is 5.32 Å². The van der Waals surface area contributed by atoms with Crippen LogP contribution in [0, 0.1) is 6.92 Å². The van der Waals surface area contributed by atoms with Crippen molar-refractivity contribution in [3.8, 4) is 5.69 Å². The van der Waals surface area contributed by atoms with Crippen molar-refractivity contribution in [3.63, 3.8) is 0 Å². The van der Waals surface area contributed by atoms with E-state index in [9.17, 15) is 4.79 Å². The first kappa shape index (κ1) is 16.6. The molecule has 0 spiro atoms. The molecule has 1 saturated heterocycles. The normalized spacial score (nSPS) is 18.0. The van der Waals surface area contributed by atoms with E-state index in [4.69, 9.17) is 11.6 Å². The van der Waals surface area contributed by atoms with E-state index < -0.39 is 0 Å². The second-order valence-electron chi connectivity index (χ2n) is 6.41. The van der Waals surface area contributed by atoms with Crippen LogP contribution >= 0.6 is 22.9 Å². The third-order valence-corrected chi connectivity index (χ3v) is 5.80. The molecule has 2 aromatic heterocycles. The van der Waals surface area contributed by atoms with Crippen molar-refractivity contribution in [2.45, 2.75) is 19.9 Å². The zero-order chi connectivity index (χ0) is 17.6. The summed E-state index contributed by atoms with van der Waals surface area (Å²) < 4.78 is 1.87. The molecule has 1 fully saturated rings. The molecule has 3 heterocycles.